The van der Waals surface area contributed by atoms with Crippen molar-refractivity contribution in [3.63, 3.8) is 0 Å². The smallest absolute Gasteiger partial charge is 0.0896 e. The van der Waals surface area contributed by atoms with Crippen molar-refractivity contribution in [2.24, 2.45) is 5.92 Å². The third kappa shape index (κ3) is 3.90. The lowest BCUT2D eigenvalue weighted by molar-refractivity contribution is -0.0211. The third-order valence-corrected chi connectivity index (χ3v) is 7.04. The van der Waals surface area contributed by atoms with Crippen molar-refractivity contribution in [2.75, 3.05) is 19.7 Å². The van der Waals surface area contributed by atoms with Crippen LogP contribution in [0.15, 0.2) is 29.8 Å². The fourth-order valence-electron chi connectivity index (χ4n) is 4.82. The number of likely N-dealkylation sites (tertiary alicyclic amines) is 1. The van der Waals surface area contributed by atoms with Crippen LogP contribution in [0.4, 0.5) is 0 Å². The lowest BCUT2D eigenvalue weighted by atomic mass is 9.75. The van der Waals surface area contributed by atoms with Crippen LogP contribution in [0.2, 0.25) is 0 Å². The molecule has 1 saturated heterocycles. The normalized spacial score (nSPS) is 30.8. The Labute approximate surface area is 157 Å². The van der Waals surface area contributed by atoms with Gasteiger partial charge in [0.1, 0.15) is 0 Å². The standard InChI is InChI=1S/C23H33NO2/c25-17-20-8-12-23(26,13-9-20)21-6-4-18(5-7-21)16-19-10-14-24(15-11-19)22-2-1-3-22/h4-7,16,20,22,25-26H,1-3,8-15,17H2. The zero-order valence-electron chi connectivity index (χ0n) is 15.9. The largest absolute Gasteiger partial charge is 0.396 e. The van der Waals surface area contributed by atoms with Crippen LogP contribution in [0.25, 0.3) is 6.08 Å². The molecule has 4 rings (SSSR count). The van der Waals surface area contributed by atoms with Gasteiger partial charge in [-0.15, -0.1) is 0 Å². The highest BCUT2D eigenvalue weighted by atomic mass is 16.3. The number of aliphatic hydroxyl groups is 2. The first-order chi connectivity index (χ1) is 12.7. The van der Waals surface area contributed by atoms with E-state index < -0.39 is 5.60 Å². The molecule has 1 aromatic rings. The van der Waals surface area contributed by atoms with Gasteiger partial charge in [-0.05, 0) is 68.4 Å². The first-order valence-electron chi connectivity index (χ1n) is 10.5. The van der Waals surface area contributed by atoms with Gasteiger partial charge in [0.15, 0.2) is 0 Å². The van der Waals surface area contributed by atoms with Crippen molar-refractivity contribution in [1.82, 2.24) is 4.90 Å². The summed E-state index contributed by atoms with van der Waals surface area (Å²) in [6.45, 7) is 2.70. The molecular weight excluding hydrogens is 322 g/mol. The highest BCUT2D eigenvalue weighted by Crippen LogP contribution is 2.39. The molecule has 1 aromatic carbocycles. The molecule has 0 amide bonds. The molecule has 1 aliphatic heterocycles. The van der Waals surface area contributed by atoms with E-state index in [1.807, 2.05) is 0 Å². The molecule has 2 aliphatic carbocycles. The molecule has 0 unspecified atom stereocenters. The molecule has 26 heavy (non-hydrogen) atoms. The Morgan fingerprint density at radius 3 is 2.19 bits per heavy atom. The lowest BCUT2D eigenvalue weighted by Crippen LogP contribution is -2.43. The highest BCUT2D eigenvalue weighted by Gasteiger charge is 2.34. The van der Waals surface area contributed by atoms with Crippen LogP contribution in [0.5, 0.6) is 0 Å². The van der Waals surface area contributed by atoms with E-state index in [1.165, 1.54) is 50.8 Å². The highest BCUT2D eigenvalue weighted by molar-refractivity contribution is 5.54. The molecule has 2 N–H and O–H groups in total. The molecule has 2 saturated carbocycles. The van der Waals surface area contributed by atoms with Gasteiger partial charge in [-0.1, -0.05) is 42.3 Å². The van der Waals surface area contributed by atoms with Gasteiger partial charge in [-0.2, -0.15) is 0 Å². The summed E-state index contributed by atoms with van der Waals surface area (Å²) >= 11 is 0. The predicted octanol–water partition coefficient (Wildman–Crippen LogP) is 4.09. The molecule has 0 radical (unpaired) electrons. The quantitative estimate of drug-likeness (QED) is 0.855. The Bertz CT molecular complexity index is 614. The minimum Gasteiger partial charge on any atom is -0.396 e. The number of benzene rings is 1. The van der Waals surface area contributed by atoms with Crippen LogP contribution < -0.4 is 0 Å². The van der Waals surface area contributed by atoms with Gasteiger partial charge >= 0.3 is 0 Å². The molecule has 3 heteroatoms. The Kier molecular flexibility index (Phi) is 5.49. The van der Waals surface area contributed by atoms with Gasteiger partial charge < -0.3 is 10.2 Å². The van der Waals surface area contributed by atoms with E-state index in [2.05, 4.69) is 35.2 Å². The van der Waals surface area contributed by atoms with Crippen LogP contribution >= 0.6 is 0 Å². The predicted molar refractivity (Wildman–Crippen MR) is 106 cm³/mol. The van der Waals surface area contributed by atoms with Crippen molar-refractivity contribution in [3.8, 4) is 0 Å². The second-order valence-corrected chi connectivity index (χ2v) is 8.70. The van der Waals surface area contributed by atoms with E-state index >= 15 is 0 Å². The second kappa shape index (κ2) is 7.84. The van der Waals surface area contributed by atoms with Crippen LogP contribution in [-0.2, 0) is 5.60 Å². The molecule has 1 heterocycles. The maximum atomic E-state index is 11.0. The van der Waals surface area contributed by atoms with E-state index in [0.717, 1.165) is 37.3 Å². The van der Waals surface area contributed by atoms with Crippen molar-refractivity contribution in [2.45, 2.75) is 69.4 Å². The maximum absolute atomic E-state index is 11.0. The molecule has 142 valence electrons. The van der Waals surface area contributed by atoms with Gasteiger partial charge in [0.2, 0.25) is 0 Å². The molecule has 0 bridgehead atoms. The zero-order chi connectivity index (χ0) is 18.0. The Morgan fingerprint density at radius 2 is 1.65 bits per heavy atom. The van der Waals surface area contributed by atoms with E-state index in [1.54, 1.807) is 5.57 Å². The molecule has 0 aromatic heterocycles. The first kappa shape index (κ1) is 18.2. The van der Waals surface area contributed by atoms with E-state index in [4.69, 9.17) is 0 Å². The maximum Gasteiger partial charge on any atom is 0.0896 e. The summed E-state index contributed by atoms with van der Waals surface area (Å²) in [6, 6.07) is 9.41. The molecule has 0 spiro atoms. The summed E-state index contributed by atoms with van der Waals surface area (Å²) < 4.78 is 0. The average Bonchev–Trinajstić information content (AvgIpc) is 2.63. The van der Waals surface area contributed by atoms with E-state index in [9.17, 15) is 10.2 Å². The van der Waals surface area contributed by atoms with Gasteiger partial charge in [0.25, 0.3) is 0 Å². The Hall–Kier alpha value is -1.16. The topological polar surface area (TPSA) is 43.7 Å². The van der Waals surface area contributed by atoms with E-state index in [0.29, 0.717) is 5.92 Å². The fourth-order valence-corrected chi connectivity index (χ4v) is 4.82. The minimum atomic E-state index is -0.703. The third-order valence-electron chi connectivity index (χ3n) is 7.04. The van der Waals surface area contributed by atoms with Gasteiger partial charge in [0, 0.05) is 25.7 Å². The number of nitrogens with zero attached hydrogens (tertiary/aromatic N) is 1. The van der Waals surface area contributed by atoms with Crippen LogP contribution in [0, 0.1) is 5.92 Å². The lowest BCUT2D eigenvalue weighted by Gasteiger charge is -2.40. The molecule has 3 fully saturated rings. The SMILES string of the molecule is OCC1CCC(O)(c2ccc(C=C3CCN(C4CCC4)CC3)cc2)CC1. The van der Waals surface area contributed by atoms with Crippen LogP contribution in [0.1, 0.15) is 68.9 Å². The molecular formula is C23H33NO2. The van der Waals surface area contributed by atoms with Crippen molar-refractivity contribution in [3.05, 3.63) is 41.0 Å². The summed E-state index contributed by atoms with van der Waals surface area (Å²) in [5.41, 5.74) is 3.16. The summed E-state index contributed by atoms with van der Waals surface area (Å²) in [5, 5.41) is 20.3. The van der Waals surface area contributed by atoms with Crippen molar-refractivity contribution < 1.29 is 10.2 Å². The summed E-state index contributed by atoms with van der Waals surface area (Å²) in [7, 11) is 0. The number of rotatable bonds is 4. The number of hydrogen-bond donors (Lipinski definition) is 2. The fraction of sp³-hybridized carbons (Fsp3) is 0.652. The number of piperidine rings is 1. The van der Waals surface area contributed by atoms with Gasteiger partial charge in [0.05, 0.1) is 5.60 Å². The van der Waals surface area contributed by atoms with E-state index in [-0.39, 0.29) is 6.61 Å². The van der Waals surface area contributed by atoms with Gasteiger partial charge in [-0.3, -0.25) is 4.90 Å². The zero-order valence-corrected chi connectivity index (χ0v) is 15.9. The van der Waals surface area contributed by atoms with Crippen molar-refractivity contribution in [1.29, 1.82) is 0 Å². The monoisotopic (exact) mass is 355 g/mol. The second-order valence-electron chi connectivity index (χ2n) is 8.70. The molecule has 3 aliphatic rings. The Morgan fingerprint density at radius 1 is 1.00 bits per heavy atom. The first-order valence-corrected chi connectivity index (χ1v) is 10.5. The summed E-state index contributed by atoms with van der Waals surface area (Å²) in [5.74, 6) is 0.366. The van der Waals surface area contributed by atoms with Crippen LogP contribution in [0.3, 0.4) is 0 Å². The summed E-state index contributed by atoms with van der Waals surface area (Å²) in [4.78, 5) is 2.68. The molecule has 0 atom stereocenters. The molecule has 3 nitrogen and oxygen atoms in total. The minimum absolute atomic E-state index is 0.251. The van der Waals surface area contributed by atoms with Crippen LogP contribution in [-0.4, -0.2) is 40.9 Å². The summed E-state index contributed by atoms with van der Waals surface area (Å²) in [6.07, 6.45) is 12.3. The number of aliphatic hydroxyl groups excluding tert-OH is 1. The number of hydrogen-bond acceptors (Lipinski definition) is 3. The van der Waals surface area contributed by atoms with Gasteiger partial charge in [-0.25, -0.2) is 0 Å². The average molecular weight is 356 g/mol. The van der Waals surface area contributed by atoms with Crippen molar-refractivity contribution >= 4 is 6.08 Å². The Balaban J connectivity index is 1.36.